The van der Waals surface area contributed by atoms with Crippen molar-refractivity contribution in [3.63, 3.8) is 0 Å². The first-order valence-electron chi connectivity index (χ1n) is 13.9. The lowest BCUT2D eigenvalue weighted by atomic mass is 9.44. The second kappa shape index (κ2) is 10.1. The standard InChI is InChI=1S/C28H47NO5/c1-17(26(33)34)6-9-24(32)29-14-4-5-18-7-8-21-25-22(11-13-27(18,21)2)28(3)12-10-20(30)15-19(28)16-23(25)31/h17-23,25,30-31H,4-16H2,1-3H3,(H,29,32)(H,33,34)/t17?,18?,19-,20+,21?,22?,23-,25?,27+,28-/m0/s1. The lowest BCUT2D eigenvalue weighted by Gasteiger charge is -2.62. The lowest BCUT2D eigenvalue weighted by Crippen LogP contribution is -2.58. The van der Waals surface area contributed by atoms with Gasteiger partial charge in [0.15, 0.2) is 0 Å². The topological polar surface area (TPSA) is 107 Å². The maximum Gasteiger partial charge on any atom is 0.306 e. The van der Waals surface area contributed by atoms with Crippen molar-refractivity contribution in [2.24, 2.45) is 46.3 Å². The minimum absolute atomic E-state index is 0.0464. The van der Waals surface area contributed by atoms with Crippen molar-refractivity contribution in [3.05, 3.63) is 0 Å². The summed E-state index contributed by atoms with van der Waals surface area (Å²) in [4.78, 5) is 23.0. The van der Waals surface area contributed by atoms with Gasteiger partial charge in [-0.05, 0) is 111 Å². The van der Waals surface area contributed by atoms with Crippen molar-refractivity contribution in [2.75, 3.05) is 6.54 Å². The second-order valence-corrected chi connectivity index (χ2v) is 12.8. The van der Waals surface area contributed by atoms with Crippen LogP contribution < -0.4 is 5.32 Å². The first-order chi connectivity index (χ1) is 16.1. The Labute approximate surface area is 205 Å². The van der Waals surface area contributed by atoms with Crippen LogP contribution in [0.3, 0.4) is 0 Å². The van der Waals surface area contributed by atoms with E-state index < -0.39 is 11.9 Å². The number of hydrogen-bond acceptors (Lipinski definition) is 4. The highest BCUT2D eigenvalue weighted by atomic mass is 16.4. The molecular weight excluding hydrogens is 430 g/mol. The fourth-order valence-electron chi connectivity index (χ4n) is 8.92. The minimum atomic E-state index is -0.847. The summed E-state index contributed by atoms with van der Waals surface area (Å²) in [5.41, 5.74) is 0.547. The van der Waals surface area contributed by atoms with Crippen LogP contribution in [0.1, 0.15) is 97.8 Å². The summed E-state index contributed by atoms with van der Waals surface area (Å²) >= 11 is 0. The van der Waals surface area contributed by atoms with E-state index in [0.29, 0.717) is 42.6 Å². The molecule has 0 bridgehead atoms. The van der Waals surface area contributed by atoms with Crippen LogP contribution in [0.15, 0.2) is 0 Å². The summed E-state index contributed by atoms with van der Waals surface area (Å²) < 4.78 is 0. The number of carboxylic acid groups (broad SMARTS) is 1. The Morgan fingerprint density at radius 3 is 2.44 bits per heavy atom. The molecule has 4 aliphatic carbocycles. The van der Waals surface area contributed by atoms with Gasteiger partial charge in [-0.3, -0.25) is 9.59 Å². The molecule has 0 spiro atoms. The van der Waals surface area contributed by atoms with Gasteiger partial charge in [0.2, 0.25) is 5.91 Å². The van der Waals surface area contributed by atoms with Crippen molar-refractivity contribution in [1.29, 1.82) is 0 Å². The molecule has 0 radical (unpaired) electrons. The largest absolute Gasteiger partial charge is 0.481 e. The number of carbonyl (C=O) groups excluding carboxylic acids is 1. The Morgan fingerprint density at radius 2 is 1.71 bits per heavy atom. The molecule has 0 saturated heterocycles. The van der Waals surface area contributed by atoms with Crippen LogP contribution in [-0.2, 0) is 9.59 Å². The summed E-state index contributed by atoms with van der Waals surface area (Å²) in [6.07, 6.45) is 10.9. The molecule has 4 N–H and O–H groups in total. The minimum Gasteiger partial charge on any atom is -0.481 e. The van der Waals surface area contributed by atoms with Gasteiger partial charge < -0.3 is 20.6 Å². The van der Waals surface area contributed by atoms with Crippen LogP contribution in [0.5, 0.6) is 0 Å². The molecule has 4 saturated carbocycles. The number of carboxylic acids is 1. The molecular formula is C28H47NO5. The first-order valence-corrected chi connectivity index (χ1v) is 13.9. The van der Waals surface area contributed by atoms with Crippen molar-refractivity contribution in [3.8, 4) is 0 Å². The van der Waals surface area contributed by atoms with Crippen LogP contribution in [0.25, 0.3) is 0 Å². The van der Waals surface area contributed by atoms with Gasteiger partial charge in [0.1, 0.15) is 0 Å². The highest BCUT2D eigenvalue weighted by Gasteiger charge is 2.62. The third-order valence-electron chi connectivity index (χ3n) is 11.1. The van der Waals surface area contributed by atoms with Crippen LogP contribution in [0.2, 0.25) is 0 Å². The monoisotopic (exact) mass is 477 g/mol. The molecule has 0 aliphatic heterocycles. The number of fused-ring (bicyclic) bond motifs is 5. The Hall–Kier alpha value is -1.14. The molecule has 0 aromatic heterocycles. The summed E-state index contributed by atoms with van der Waals surface area (Å²) in [5, 5.41) is 33.5. The van der Waals surface area contributed by atoms with Crippen molar-refractivity contribution >= 4 is 11.9 Å². The van der Waals surface area contributed by atoms with Gasteiger partial charge in [0.05, 0.1) is 18.1 Å². The second-order valence-electron chi connectivity index (χ2n) is 12.8. The van der Waals surface area contributed by atoms with E-state index in [-0.39, 0.29) is 35.4 Å². The van der Waals surface area contributed by atoms with Crippen LogP contribution in [-0.4, -0.2) is 45.9 Å². The zero-order valence-electron chi connectivity index (χ0n) is 21.5. The van der Waals surface area contributed by atoms with Gasteiger partial charge >= 0.3 is 5.97 Å². The highest BCUT2D eigenvalue weighted by Crippen LogP contribution is 2.67. The van der Waals surface area contributed by atoms with E-state index >= 15 is 0 Å². The predicted molar refractivity (Wildman–Crippen MR) is 131 cm³/mol. The maximum atomic E-state index is 12.1. The lowest BCUT2D eigenvalue weighted by molar-refractivity contribution is -0.172. The van der Waals surface area contributed by atoms with E-state index in [1.54, 1.807) is 6.92 Å². The average Bonchev–Trinajstić information content (AvgIpc) is 3.12. The maximum absolute atomic E-state index is 12.1. The van der Waals surface area contributed by atoms with Crippen LogP contribution in [0.4, 0.5) is 0 Å². The quantitative estimate of drug-likeness (QED) is 0.388. The normalized spacial score (nSPS) is 44.4. The number of aliphatic hydroxyl groups is 2. The highest BCUT2D eigenvalue weighted by molar-refractivity contribution is 5.77. The molecule has 1 amide bonds. The number of carbonyl (C=O) groups is 2. The Kier molecular flexibility index (Phi) is 7.69. The van der Waals surface area contributed by atoms with E-state index in [2.05, 4.69) is 19.2 Å². The van der Waals surface area contributed by atoms with Crippen LogP contribution in [0, 0.1) is 46.3 Å². The summed E-state index contributed by atoms with van der Waals surface area (Å²) in [7, 11) is 0. The fourth-order valence-corrected chi connectivity index (χ4v) is 8.92. The molecule has 0 heterocycles. The third kappa shape index (κ3) is 4.78. The van der Waals surface area contributed by atoms with E-state index in [4.69, 9.17) is 5.11 Å². The Bertz CT molecular complexity index is 757. The van der Waals surface area contributed by atoms with Gasteiger partial charge in [0.25, 0.3) is 0 Å². The molecule has 34 heavy (non-hydrogen) atoms. The zero-order chi connectivity index (χ0) is 24.7. The molecule has 194 valence electrons. The van der Waals surface area contributed by atoms with E-state index in [1.807, 2.05) is 0 Å². The molecule has 5 unspecified atom stereocenters. The van der Waals surface area contributed by atoms with Gasteiger partial charge in [0, 0.05) is 13.0 Å². The SMILES string of the molecule is CC(CCC(=O)NCCCC1CCC2C3C(CC[C@]12C)[C@@]1(C)CC[C@@H](O)C[C@H]1C[C@@H]3O)C(=O)O. The summed E-state index contributed by atoms with van der Waals surface area (Å²) in [6.45, 7) is 7.24. The molecule has 10 atom stereocenters. The first kappa shape index (κ1) is 25.9. The van der Waals surface area contributed by atoms with Gasteiger partial charge in [-0.2, -0.15) is 0 Å². The molecule has 6 heteroatoms. The van der Waals surface area contributed by atoms with Crippen molar-refractivity contribution < 1.29 is 24.9 Å². The molecule has 6 nitrogen and oxygen atoms in total. The van der Waals surface area contributed by atoms with E-state index in [1.165, 1.54) is 25.7 Å². The number of nitrogens with one attached hydrogen (secondary N) is 1. The number of aliphatic hydroxyl groups excluding tert-OH is 2. The number of amides is 1. The molecule has 4 fully saturated rings. The summed E-state index contributed by atoms with van der Waals surface area (Å²) in [6, 6.07) is 0. The third-order valence-corrected chi connectivity index (χ3v) is 11.1. The number of aliphatic carboxylic acids is 1. The van der Waals surface area contributed by atoms with Gasteiger partial charge in [-0.15, -0.1) is 0 Å². The summed E-state index contributed by atoms with van der Waals surface area (Å²) in [5.74, 6) is 1.29. The van der Waals surface area contributed by atoms with Gasteiger partial charge in [-0.1, -0.05) is 20.8 Å². The van der Waals surface area contributed by atoms with E-state index in [0.717, 1.165) is 38.5 Å². The average molecular weight is 478 g/mol. The van der Waals surface area contributed by atoms with Crippen molar-refractivity contribution in [1.82, 2.24) is 5.32 Å². The molecule has 0 aromatic rings. The Balaban J connectivity index is 1.30. The number of hydrogen-bond donors (Lipinski definition) is 4. The molecule has 0 aromatic carbocycles. The smallest absolute Gasteiger partial charge is 0.306 e. The van der Waals surface area contributed by atoms with Gasteiger partial charge in [-0.25, -0.2) is 0 Å². The Morgan fingerprint density at radius 1 is 1.00 bits per heavy atom. The predicted octanol–water partition coefficient (Wildman–Crippen LogP) is 4.37. The van der Waals surface area contributed by atoms with Crippen molar-refractivity contribution in [2.45, 2.75) is 110 Å². The van der Waals surface area contributed by atoms with E-state index in [9.17, 15) is 19.8 Å². The number of rotatable bonds is 8. The van der Waals surface area contributed by atoms with Crippen LogP contribution >= 0.6 is 0 Å². The molecule has 4 aliphatic rings. The fraction of sp³-hybridized carbons (Fsp3) is 0.929. The molecule has 4 rings (SSSR count). The zero-order valence-corrected chi connectivity index (χ0v) is 21.5.